The van der Waals surface area contributed by atoms with Gasteiger partial charge in [-0.25, -0.2) is 0 Å². The third-order valence-electron chi connectivity index (χ3n) is 11.1. The SMILES string of the molecule is CCc1cc(N2C(=S)N(c3ccc(C#N)c(C(F)(F)F)c3)C(=O)C2(C)C)ccc1OCCN1CCN([C@H](C)C(=O)Nc2cccc(NC3CCC(=O)NC3=O)c2)[C@@H](C)C1. The van der Waals surface area contributed by atoms with E-state index in [0.717, 1.165) is 35.7 Å². The van der Waals surface area contributed by atoms with Crippen LogP contribution in [-0.4, -0.2) is 95.0 Å². The minimum atomic E-state index is -4.80. The number of hydrogen-bond acceptors (Lipinski definition) is 10. The molecular weight excluding hydrogens is 786 g/mol. The number of hydrogen-bond donors (Lipinski definition) is 3. The van der Waals surface area contributed by atoms with Crippen molar-refractivity contribution < 1.29 is 37.1 Å². The van der Waals surface area contributed by atoms with E-state index in [1.165, 1.54) is 6.07 Å². The summed E-state index contributed by atoms with van der Waals surface area (Å²) in [5.74, 6) is -0.646. The van der Waals surface area contributed by atoms with E-state index in [2.05, 4.69) is 32.7 Å². The summed E-state index contributed by atoms with van der Waals surface area (Å²) in [5.41, 5.74) is -0.290. The number of nitrogens with one attached hydrogen (secondary N) is 3. The molecule has 13 nitrogen and oxygen atoms in total. The van der Waals surface area contributed by atoms with E-state index in [1.807, 2.05) is 26.0 Å². The van der Waals surface area contributed by atoms with Crippen LogP contribution >= 0.6 is 12.2 Å². The lowest BCUT2D eigenvalue weighted by Gasteiger charge is -2.42. The first-order valence-corrected chi connectivity index (χ1v) is 19.9. The summed E-state index contributed by atoms with van der Waals surface area (Å²) < 4.78 is 47.6. The van der Waals surface area contributed by atoms with Crippen molar-refractivity contribution in [1.29, 1.82) is 5.26 Å². The number of imide groups is 1. The second-order valence-corrected chi connectivity index (χ2v) is 15.8. The van der Waals surface area contributed by atoms with Crippen LogP contribution < -0.4 is 30.5 Å². The Morgan fingerprint density at radius 3 is 2.47 bits per heavy atom. The van der Waals surface area contributed by atoms with Gasteiger partial charge in [0.1, 0.15) is 23.9 Å². The number of nitrogens with zero attached hydrogens (tertiary/aromatic N) is 5. The topological polar surface area (TPSA) is 150 Å². The minimum absolute atomic E-state index is 0.0159. The van der Waals surface area contributed by atoms with Crippen LogP contribution in [0.25, 0.3) is 0 Å². The van der Waals surface area contributed by atoms with E-state index >= 15 is 0 Å². The van der Waals surface area contributed by atoms with E-state index in [1.54, 1.807) is 55.1 Å². The van der Waals surface area contributed by atoms with Crippen molar-refractivity contribution in [2.75, 3.05) is 53.2 Å². The molecule has 17 heteroatoms. The van der Waals surface area contributed by atoms with Crippen LogP contribution in [0.2, 0.25) is 0 Å². The average molecular weight is 833 g/mol. The lowest BCUT2D eigenvalue weighted by molar-refractivity contribution is -0.138. The van der Waals surface area contributed by atoms with Gasteiger partial charge in [-0.15, -0.1) is 0 Å². The number of piperazine rings is 1. The highest BCUT2D eigenvalue weighted by molar-refractivity contribution is 7.81. The molecule has 0 spiro atoms. The number of anilines is 4. The number of amides is 4. The fourth-order valence-electron chi connectivity index (χ4n) is 7.81. The highest BCUT2D eigenvalue weighted by atomic mass is 32.1. The van der Waals surface area contributed by atoms with Gasteiger partial charge in [0.15, 0.2) is 5.11 Å². The van der Waals surface area contributed by atoms with E-state index in [-0.39, 0.29) is 41.0 Å². The number of ether oxygens (including phenoxy) is 1. The maximum absolute atomic E-state index is 13.8. The van der Waals surface area contributed by atoms with Gasteiger partial charge in [-0.05, 0) is 113 Å². The Kier molecular flexibility index (Phi) is 12.6. The Labute approximate surface area is 346 Å². The molecule has 3 aromatic rings. The fourth-order valence-corrected chi connectivity index (χ4v) is 8.33. The van der Waals surface area contributed by atoms with Gasteiger partial charge < -0.3 is 20.3 Å². The Balaban J connectivity index is 1.03. The van der Waals surface area contributed by atoms with Crippen molar-refractivity contribution >= 4 is 63.7 Å². The maximum atomic E-state index is 13.8. The molecule has 0 aromatic heterocycles. The van der Waals surface area contributed by atoms with Crippen molar-refractivity contribution in [3.05, 3.63) is 77.4 Å². The van der Waals surface area contributed by atoms with Crippen molar-refractivity contribution in [2.24, 2.45) is 0 Å². The highest BCUT2D eigenvalue weighted by Crippen LogP contribution is 2.40. The van der Waals surface area contributed by atoms with Crippen molar-refractivity contribution in [3.8, 4) is 11.8 Å². The zero-order valence-corrected chi connectivity index (χ0v) is 34.3. The third-order valence-corrected chi connectivity index (χ3v) is 11.4. The zero-order valence-electron chi connectivity index (χ0n) is 33.5. The van der Waals surface area contributed by atoms with Crippen LogP contribution in [0.1, 0.15) is 64.2 Å². The number of carbonyl (C=O) groups excluding carboxylic acids is 4. The Morgan fingerprint density at radius 2 is 1.80 bits per heavy atom. The number of alkyl halides is 3. The molecule has 3 aliphatic heterocycles. The standard InChI is InChI=1S/C42H47F3N8O5S/c1-6-27-20-32(53-40(59)52(39(57)41(53,4)5)31-11-10-28(23-46)33(22-31)42(43,44)45)12-14-35(27)58-19-18-50-16-17-51(25(2)24-50)26(3)37(55)48-30-9-7-8-29(21-30)47-34-13-15-36(54)49-38(34)56/h7-12,14,20-22,25-26,34,47H,6,13,15-19,24H2,1-5H3,(H,48,55)(H,49,54,56)/t25-,26+,34?/m0/s1. The molecule has 59 heavy (non-hydrogen) atoms. The molecule has 0 aliphatic carbocycles. The molecule has 3 aliphatic rings. The highest BCUT2D eigenvalue weighted by Gasteiger charge is 2.51. The van der Waals surface area contributed by atoms with Gasteiger partial charge in [-0.2, -0.15) is 18.4 Å². The summed E-state index contributed by atoms with van der Waals surface area (Å²) >= 11 is 5.72. The Hall–Kier alpha value is -5.57. The van der Waals surface area contributed by atoms with Gasteiger partial charge in [0.25, 0.3) is 5.91 Å². The van der Waals surface area contributed by atoms with E-state index in [0.29, 0.717) is 55.3 Å². The first-order valence-electron chi connectivity index (χ1n) is 19.5. The van der Waals surface area contributed by atoms with Gasteiger partial charge in [0, 0.05) is 55.7 Å². The lowest BCUT2D eigenvalue weighted by Crippen LogP contribution is -2.57. The third kappa shape index (κ3) is 9.19. The molecule has 3 atom stereocenters. The first-order chi connectivity index (χ1) is 27.9. The van der Waals surface area contributed by atoms with Gasteiger partial charge in [0.2, 0.25) is 17.7 Å². The smallest absolute Gasteiger partial charge is 0.417 e. The zero-order chi connectivity index (χ0) is 42.8. The molecule has 6 rings (SSSR count). The number of nitriles is 1. The molecule has 3 N–H and O–H groups in total. The van der Waals surface area contributed by atoms with Gasteiger partial charge >= 0.3 is 6.18 Å². The predicted octanol–water partition coefficient (Wildman–Crippen LogP) is 5.69. The average Bonchev–Trinajstić information content (AvgIpc) is 3.37. The van der Waals surface area contributed by atoms with Crippen LogP contribution in [-0.2, 0) is 31.8 Å². The monoisotopic (exact) mass is 832 g/mol. The Morgan fingerprint density at radius 1 is 1.07 bits per heavy atom. The molecule has 3 aromatic carbocycles. The minimum Gasteiger partial charge on any atom is -0.492 e. The largest absolute Gasteiger partial charge is 0.492 e. The molecule has 3 heterocycles. The summed E-state index contributed by atoms with van der Waals surface area (Å²) in [6, 6.07) is 16.4. The lowest BCUT2D eigenvalue weighted by atomic mass is 10.0. The van der Waals surface area contributed by atoms with Crippen LogP contribution in [0.5, 0.6) is 5.75 Å². The van der Waals surface area contributed by atoms with Crippen molar-refractivity contribution in [2.45, 2.75) is 83.7 Å². The molecular formula is C42H47F3N8O5S. The first kappa shape index (κ1) is 43.0. The van der Waals surface area contributed by atoms with Crippen LogP contribution in [0.4, 0.5) is 35.9 Å². The number of halogens is 3. The second-order valence-electron chi connectivity index (χ2n) is 15.4. The number of benzene rings is 3. The molecule has 0 saturated carbocycles. The second kappa shape index (κ2) is 17.3. The van der Waals surface area contributed by atoms with Crippen molar-refractivity contribution in [3.63, 3.8) is 0 Å². The van der Waals surface area contributed by atoms with Gasteiger partial charge in [0.05, 0.1) is 28.9 Å². The Bertz CT molecular complexity index is 2190. The molecule has 3 fully saturated rings. The van der Waals surface area contributed by atoms with Crippen LogP contribution in [0, 0.1) is 11.3 Å². The van der Waals surface area contributed by atoms with Gasteiger partial charge in [-0.1, -0.05) is 13.0 Å². The normalized spacial score (nSPS) is 20.6. The molecule has 4 amide bonds. The maximum Gasteiger partial charge on any atom is 0.417 e. The molecule has 3 saturated heterocycles. The van der Waals surface area contributed by atoms with E-state index in [9.17, 15) is 37.6 Å². The van der Waals surface area contributed by atoms with Crippen molar-refractivity contribution in [1.82, 2.24) is 15.1 Å². The number of aryl methyl sites for hydroxylation is 1. The number of piperidine rings is 1. The molecule has 1 unspecified atom stereocenters. The summed E-state index contributed by atoms with van der Waals surface area (Å²) in [6.07, 6.45) is -3.54. The van der Waals surface area contributed by atoms with E-state index < -0.39 is 40.8 Å². The predicted molar refractivity (Wildman–Crippen MR) is 221 cm³/mol. The summed E-state index contributed by atoms with van der Waals surface area (Å²) in [7, 11) is 0. The molecule has 312 valence electrons. The quantitative estimate of drug-likeness (QED) is 0.153. The fraction of sp³-hybridized carbons (Fsp3) is 0.429. The number of rotatable bonds is 12. The van der Waals surface area contributed by atoms with Crippen LogP contribution in [0.15, 0.2) is 60.7 Å². The summed E-state index contributed by atoms with van der Waals surface area (Å²) in [5, 5.41) is 17.7. The molecule has 0 radical (unpaired) electrons. The molecule has 0 bridgehead atoms. The van der Waals surface area contributed by atoms with E-state index in [4.69, 9.17) is 17.0 Å². The van der Waals surface area contributed by atoms with Gasteiger partial charge in [-0.3, -0.25) is 39.2 Å². The summed E-state index contributed by atoms with van der Waals surface area (Å²) in [4.78, 5) is 57.9. The summed E-state index contributed by atoms with van der Waals surface area (Å²) in [6.45, 7) is 12.4. The number of thiocarbonyl (C=S) groups is 1. The number of carbonyl (C=O) groups is 4. The van der Waals surface area contributed by atoms with Crippen LogP contribution in [0.3, 0.4) is 0 Å².